The average molecular weight is 331 g/mol. The van der Waals surface area contributed by atoms with Crippen LogP contribution in [-0.4, -0.2) is 43.4 Å². The first-order valence-electron chi connectivity index (χ1n) is 9.07. The van der Waals surface area contributed by atoms with E-state index >= 15 is 0 Å². The fraction of sp³-hybridized carbons (Fsp3) is 0.632. The van der Waals surface area contributed by atoms with Gasteiger partial charge in [-0.2, -0.15) is 0 Å². The van der Waals surface area contributed by atoms with Gasteiger partial charge in [0.2, 0.25) is 0 Å². The van der Waals surface area contributed by atoms with Gasteiger partial charge in [0.05, 0.1) is 24.8 Å². The number of aliphatic imine (C=N–C) groups is 1. The van der Waals surface area contributed by atoms with Gasteiger partial charge in [0.25, 0.3) is 0 Å². The zero-order chi connectivity index (χ0) is 16.9. The molecule has 0 amide bonds. The van der Waals surface area contributed by atoms with E-state index in [9.17, 15) is 0 Å². The number of hydrogen-bond acceptors (Lipinski definition) is 3. The molecule has 2 fully saturated rings. The average Bonchev–Trinajstić information content (AvgIpc) is 3.15. The normalized spacial score (nSPS) is 27.1. The number of guanidine groups is 1. The largest absolute Gasteiger partial charge is 0.489 e. The van der Waals surface area contributed by atoms with E-state index < -0.39 is 0 Å². The van der Waals surface area contributed by atoms with E-state index in [4.69, 9.17) is 14.5 Å². The van der Waals surface area contributed by atoms with Crippen LogP contribution in [-0.2, 0) is 4.74 Å². The highest BCUT2D eigenvalue weighted by atomic mass is 16.5. The van der Waals surface area contributed by atoms with Crippen molar-refractivity contribution in [3.8, 4) is 5.75 Å². The van der Waals surface area contributed by atoms with Crippen molar-refractivity contribution in [1.29, 1.82) is 0 Å². The molecule has 132 valence electrons. The maximum Gasteiger partial charge on any atom is 0.191 e. The van der Waals surface area contributed by atoms with Gasteiger partial charge in [-0.1, -0.05) is 12.1 Å². The second kappa shape index (κ2) is 7.88. The van der Waals surface area contributed by atoms with Crippen LogP contribution in [0.2, 0.25) is 0 Å². The predicted octanol–water partition coefficient (Wildman–Crippen LogP) is 2.64. The van der Waals surface area contributed by atoms with Crippen LogP contribution in [0.3, 0.4) is 0 Å². The summed E-state index contributed by atoms with van der Waals surface area (Å²) in [5, 5.41) is 6.86. The van der Waals surface area contributed by atoms with Crippen LogP contribution in [0.25, 0.3) is 0 Å². The van der Waals surface area contributed by atoms with Crippen molar-refractivity contribution in [1.82, 2.24) is 10.6 Å². The SMILES string of the molecule is CCNC(=NCC(C)Oc1cccc(C)c1)NC1CC2CCC1O2. The Morgan fingerprint density at radius 3 is 2.96 bits per heavy atom. The van der Waals surface area contributed by atoms with Crippen LogP contribution in [0.1, 0.15) is 38.7 Å². The second-order valence-corrected chi connectivity index (χ2v) is 6.83. The fourth-order valence-corrected chi connectivity index (χ4v) is 3.46. The molecule has 0 saturated carbocycles. The Bertz CT molecular complexity index is 575. The predicted molar refractivity (Wildman–Crippen MR) is 96.7 cm³/mol. The van der Waals surface area contributed by atoms with Gasteiger partial charge in [-0.25, -0.2) is 4.99 Å². The molecule has 1 aromatic rings. The van der Waals surface area contributed by atoms with Crippen molar-refractivity contribution >= 4 is 5.96 Å². The number of aryl methyl sites for hydroxylation is 1. The third-order valence-corrected chi connectivity index (χ3v) is 4.61. The number of benzene rings is 1. The smallest absolute Gasteiger partial charge is 0.191 e. The van der Waals surface area contributed by atoms with Gasteiger partial charge < -0.3 is 20.1 Å². The quantitative estimate of drug-likeness (QED) is 0.621. The van der Waals surface area contributed by atoms with Crippen molar-refractivity contribution in [2.45, 2.75) is 64.4 Å². The van der Waals surface area contributed by atoms with Gasteiger partial charge in [0.15, 0.2) is 5.96 Å². The van der Waals surface area contributed by atoms with Gasteiger partial charge in [-0.3, -0.25) is 0 Å². The van der Waals surface area contributed by atoms with Gasteiger partial charge in [0.1, 0.15) is 11.9 Å². The van der Waals surface area contributed by atoms with Crippen LogP contribution in [0, 0.1) is 6.92 Å². The van der Waals surface area contributed by atoms with Crippen LogP contribution >= 0.6 is 0 Å². The summed E-state index contributed by atoms with van der Waals surface area (Å²) in [6, 6.07) is 8.51. The number of hydrogen-bond donors (Lipinski definition) is 2. The lowest BCUT2D eigenvalue weighted by molar-refractivity contribution is 0.0992. The van der Waals surface area contributed by atoms with Gasteiger partial charge in [-0.05, 0) is 57.7 Å². The Labute approximate surface area is 144 Å². The summed E-state index contributed by atoms with van der Waals surface area (Å²) in [6.45, 7) is 7.67. The van der Waals surface area contributed by atoms with E-state index in [1.165, 1.54) is 12.0 Å². The molecule has 2 saturated heterocycles. The van der Waals surface area contributed by atoms with Gasteiger partial charge in [0, 0.05) is 6.54 Å². The third-order valence-electron chi connectivity index (χ3n) is 4.61. The summed E-state index contributed by atoms with van der Waals surface area (Å²) in [5.74, 6) is 1.76. The fourth-order valence-electron chi connectivity index (χ4n) is 3.46. The van der Waals surface area contributed by atoms with Gasteiger partial charge in [-0.15, -0.1) is 0 Å². The minimum atomic E-state index is 0.0264. The number of ether oxygens (including phenoxy) is 2. The maximum atomic E-state index is 5.96. The molecule has 0 radical (unpaired) electrons. The molecular formula is C19H29N3O2. The molecule has 2 aliphatic rings. The van der Waals surface area contributed by atoms with E-state index in [2.05, 4.69) is 43.5 Å². The summed E-state index contributed by atoms with van der Waals surface area (Å²) < 4.78 is 11.9. The number of nitrogens with zero attached hydrogens (tertiary/aromatic N) is 1. The zero-order valence-corrected chi connectivity index (χ0v) is 14.9. The first-order valence-corrected chi connectivity index (χ1v) is 9.07. The number of fused-ring (bicyclic) bond motifs is 2. The summed E-state index contributed by atoms with van der Waals surface area (Å²) in [5.41, 5.74) is 1.20. The highest BCUT2D eigenvalue weighted by Gasteiger charge is 2.41. The lowest BCUT2D eigenvalue weighted by Gasteiger charge is -2.23. The van der Waals surface area contributed by atoms with Crippen molar-refractivity contribution in [3.63, 3.8) is 0 Å². The molecule has 0 spiro atoms. The molecule has 5 nitrogen and oxygen atoms in total. The Kier molecular flexibility index (Phi) is 5.61. The maximum absolute atomic E-state index is 5.96. The Morgan fingerprint density at radius 2 is 2.29 bits per heavy atom. The van der Waals surface area contributed by atoms with E-state index in [0.717, 1.165) is 31.1 Å². The number of rotatable bonds is 6. The molecule has 2 N–H and O–H groups in total. The molecule has 2 aliphatic heterocycles. The first kappa shape index (κ1) is 17.1. The molecule has 4 unspecified atom stereocenters. The standard InChI is InChI=1S/C19H29N3O2/c1-4-20-19(22-17-11-16-8-9-18(17)24-16)21-12-14(3)23-15-7-5-6-13(2)10-15/h5-7,10,14,16-18H,4,8-9,11-12H2,1-3H3,(H2,20,21,22). The molecule has 5 heteroatoms. The molecular weight excluding hydrogens is 302 g/mol. The lowest BCUT2D eigenvalue weighted by Crippen LogP contribution is -2.47. The Hall–Kier alpha value is -1.75. The van der Waals surface area contributed by atoms with Crippen molar-refractivity contribution in [2.24, 2.45) is 4.99 Å². The van der Waals surface area contributed by atoms with Crippen LogP contribution in [0.4, 0.5) is 0 Å². The molecule has 3 rings (SSSR count). The zero-order valence-electron chi connectivity index (χ0n) is 14.9. The molecule has 0 aromatic heterocycles. The summed E-state index contributed by atoms with van der Waals surface area (Å²) in [6.07, 6.45) is 4.27. The molecule has 0 aliphatic carbocycles. The monoisotopic (exact) mass is 331 g/mol. The van der Waals surface area contributed by atoms with Crippen molar-refractivity contribution in [3.05, 3.63) is 29.8 Å². The minimum Gasteiger partial charge on any atom is -0.489 e. The number of nitrogens with one attached hydrogen (secondary N) is 2. The van der Waals surface area contributed by atoms with E-state index in [1.54, 1.807) is 0 Å². The van der Waals surface area contributed by atoms with E-state index in [-0.39, 0.29) is 6.10 Å². The Balaban J connectivity index is 1.53. The Morgan fingerprint density at radius 1 is 1.42 bits per heavy atom. The third kappa shape index (κ3) is 4.41. The lowest BCUT2D eigenvalue weighted by atomic mass is 9.96. The molecule has 2 heterocycles. The molecule has 4 atom stereocenters. The topological polar surface area (TPSA) is 54.9 Å². The van der Waals surface area contributed by atoms with E-state index in [0.29, 0.717) is 24.8 Å². The summed E-state index contributed by atoms with van der Waals surface area (Å²) >= 11 is 0. The minimum absolute atomic E-state index is 0.0264. The van der Waals surface area contributed by atoms with Crippen LogP contribution in [0.5, 0.6) is 5.75 Å². The van der Waals surface area contributed by atoms with Crippen molar-refractivity contribution in [2.75, 3.05) is 13.1 Å². The van der Waals surface area contributed by atoms with Crippen molar-refractivity contribution < 1.29 is 9.47 Å². The highest BCUT2D eigenvalue weighted by molar-refractivity contribution is 5.80. The summed E-state index contributed by atoms with van der Waals surface area (Å²) in [7, 11) is 0. The molecule has 1 aromatic carbocycles. The molecule has 2 bridgehead atoms. The van der Waals surface area contributed by atoms with E-state index in [1.807, 2.05) is 12.1 Å². The van der Waals surface area contributed by atoms with Crippen LogP contribution < -0.4 is 15.4 Å². The summed E-state index contributed by atoms with van der Waals surface area (Å²) in [4.78, 5) is 4.69. The highest BCUT2D eigenvalue weighted by Crippen LogP contribution is 2.34. The van der Waals surface area contributed by atoms with Gasteiger partial charge >= 0.3 is 0 Å². The van der Waals surface area contributed by atoms with Crippen LogP contribution in [0.15, 0.2) is 29.3 Å². The second-order valence-electron chi connectivity index (χ2n) is 6.83. The molecule has 24 heavy (non-hydrogen) atoms. The first-order chi connectivity index (χ1) is 11.6.